The molecule has 1 aliphatic carbocycles. The smallest absolute Gasteiger partial charge is 0.219 e. The van der Waals surface area contributed by atoms with Gasteiger partial charge in [0.15, 0.2) is 0 Å². The average Bonchev–Trinajstić information content (AvgIpc) is 3.57. The van der Waals surface area contributed by atoms with E-state index >= 15 is 0 Å². The predicted octanol–water partition coefficient (Wildman–Crippen LogP) is 4.31. The minimum absolute atomic E-state index is 0.131. The molecule has 2 N–H and O–H groups in total. The molecule has 3 aromatic rings. The molecular formula is C26H31N5O2. The van der Waals surface area contributed by atoms with E-state index in [0.717, 1.165) is 60.7 Å². The first-order valence-corrected chi connectivity index (χ1v) is 11.9. The molecule has 3 heterocycles. The molecule has 1 aliphatic heterocycles. The van der Waals surface area contributed by atoms with Gasteiger partial charge in [-0.05, 0) is 67.5 Å². The van der Waals surface area contributed by atoms with Crippen LogP contribution in [0.1, 0.15) is 55.0 Å². The molecule has 2 aliphatic rings. The van der Waals surface area contributed by atoms with Crippen LogP contribution >= 0.6 is 0 Å². The number of H-pyrrole nitrogens is 1. The molecule has 172 valence electrons. The minimum atomic E-state index is 0.131. The zero-order chi connectivity index (χ0) is 22.8. The van der Waals surface area contributed by atoms with Crippen molar-refractivity contribution in [3.8, 4) is 16.9 Å². The molecule has 2 aromatic heterocycles. The molecule has 1 saturated heterocycles. The summed E-state index contributed by atoms with van der Waals surface area (Å²) in [6, 6.07) is 8.59. The van der Waals surface area contributed by atoms with Crippen LogP contribution in [0.3, 0.4) is 0 Å². The number of aryl methyl sites for hydroxylation is 2. The highest BCUT2D eigenvalue weighted by Gasteiger charge is 2.28. The lowest BCUT2D eigenvalue weighted by molar-refractivity contribution is -0.127. The summed E-state index contributed by atoms with van der Waals surface area (Å²) in [6.07, 6.45) is 8.16. The number of rotatable bonds is 7. The SMILES string of the molecule is CCOc1cc2c(cc1CNc1cc(-c3cn[nH]c3[C@@H]3CCN(C(C)=O)C3)ccn1)CCC2. The third-order valence-corrected chi connectivity index (χ3v) is 6.82. The van der Waals surface area contributed by atoms with Gasteiger partial charge in [-0.2, -0.15) is 5.10 Å². The summed E-state index contributed by atoms with van der Waals surface area (Å²) < 4.78 is 5.93. The first-order chi connectivity index (χ1) is 16.1. The quantitative estimate of drug-likeness (QED) is 0.566. The van der Waals surface area contributed by atoms with Crippen molar-refractivity contribution in [2.45, 2.75) is 52.0 Å². The van der Waals surface area contributed by atoms with Crippen LogP contribution in [0.4, 0.5) is 5.82 Å². The number of ether oxygens (including phenoxy) is 1. The highest BCUT2D eigenvalue weighted by atomic mass is 16.5. The van der Waals surface area contributed by atoms with Crippen molar-refractivity contribution in [3.05, 3.63) is 59.0 Å². The van der Waals surface area contributed by atoms with E-state index in [1.54, 1.807) is 6.92 Å². The molecule has 33 heavy (non-hydrogen) atoms. The van der Waals surface area contributed by atoms with Crippen LogP contribution in [0, 0.1) is 0 Å². The van der Waals surface area contributed by atoms with Gasteiger partial charge in [0.05, 0.1) is 12.8 Å². The third kappa shape index (κ3) is 4.45. The maximum atomic E-state index is 11.8. The molecule has 1 aromatic carbocycles. The molecule has 7 nitrogen and oxygen atoms in total. The van der Waals surface area contributed by atoms with E-state index < -0.39 is 0 Å². The Morgan fingerprint density at radius 3 is 2.91 bits per heavy atom. The fourth-order valence-corrected chi connectivity index (χ4v) is 5.08. The number of carbonyl (C=O) groups is 1. The molecule has 0 unspecified atom stereocenters. The van der Waals surface area contributed by atoms with Crippen molar-refractivity contribution < 1.29 is 9.53 Å². The van der Waals surface area contributed by atoms with Crippen LogP contribution < -0.4 is 10.1 Å². The summed E-state index contributed by atoms with van der Waals surface area (Å²) in [4.78, 5) is 18.2. The van der Waals surface area contributed by atoms with Gasteiger partial charge >= 0.3 is 0 Å². The molecule has 7 heteroatoms. The number of carbonyl (C=O) groups excluding carboxylic acids is 1. The van der Waals surface area contributed by atoms with Gasteiger partial charge in [0, 0.05) is 55.5 Å². The summed E-state index contributed by atoms with van der Waals surface area (Å²) in [6.45, 7) is 6.51. The fourth-order valence-electron chi connectivity index (χ4n) is 5.08. The summed E-state index contributed by atoms with van der Waals surface area (Å²) in [5.41, 5.74) is 7.26. The van der Waals surface area contributed by atoms with Crippen LogP contribution in [-0.4, -0.2) is 45.7 Å². The topological polar surface area (TPSA) is 83.1 Å². The molecule has 0 radical (unpaired) electrons. The zero-order valence-corrected chi connectivity index (χ0v) is 19.4. The van der Waals surface area contributed by atoms with E-state index in [1.165, 1.54) is 23.1 Å². The van der Waals surface area contributed by atoms with Crippen molar-refractivity contribution in [2.75, 3.05) is 25.0 Å². The van der Waals surface area contributed by atoms with E-state index in [2.05, 4.69) is 38.7 Å². The normalized spacial score (nSPS) is 17.3. The first-order valence-electron chi connectivity index (χ1n) is 11.9. The van der Waals surface area contributed by atoms with Gasteiger partial charge in [-0.25, -0.2) is 4.98 Å². The summed E-state index contributed by atoms with van der Waals surface area (Å²) >= 11 is 0. The Kier molecular flexibility index (Phi) is 6.03. The summed E-state index contributed by atoms with van der Waals surface area (Å²) in [5, 5.41) is 11.0. The number of nitrogens with one attached hydrogen (secondary N) is 2. The second-order valence-corrected chi connectivity index (χ2v) is 8.95. The van der Waals surface area contributed by atoms with E-state index in [9.17, 15) is 4.79 Å². The Morgan fingerprint density at radius 2 is 2.12 bits per heavy atom. The molecule has 5 rings (SSSR count). The number of aromatic amines is 1. The Morgan fingerprint density at radius 1 is 1.27 bits per heavy atom. The van der Waals surface area contributed by atoms with Crippen molar-refractivity contribution in [3.63, 3.8) is 0 Å². The van der Waals surface area contributed by atoms with Crippen molar-refractivity contribution in [2.24, 2.45) is 0 Å². The highest BCUT2D eigenvalue weighted by molar-refractivity contribution is 5.74. The second kappa shape index (κ2) is 9.25. The van der Waals surface area contributed by atoms with Gasteiger partial charge in [-0.3, -0.25) is 9.89 Å². The molecular weight excluding hydrogens is 414 g/mol. The molecule has 1 amide bonds. The standard InChI is InChI=1S/C26H31N5O2/c1-3-33-24-12-19-6-4-5-18(19)11-22(24)14-28-25-13-20(7-9-27-25)23-15-29-30-26(23)21-8-10-31(16-21)17(2)32/h7,9,11-13,15,21H,3-6,8,10,14,16H2,1-2H3,(H,27,28)(H,29,30)/t21-/m1/s1. The van der Waals surface area contributed by atoms with Crippen molar-refractivity contribution in [1.29, 1.82) is 0 Å². The maximum Gasteiger partial charge on any atom is 0.219 e. The largest absolute Gasteiger partial charge is 0.494 e. The first kappa shape index (κ1) is 21.5. The lowest BCUT2D eigenvalue weighted by atomic mass is 9.97. The Labute approximate surface area is 194 Å². The minimum Gasteiger partial charge on any atom is -0.494 e. The number of hydrogen-bond donors (Lipinski definition) is 2. The van der Waals surface area contributed by atoms with Gasteiger partial charge in [0.25, 0.3) is 0 Å². The van der Waals surface area contributed by atoms with Crippen LogP contribution in [-0.2, 0) is 24.2 Å². The number of aromatic nitrogens is 3. The number of pyridine rings is 1. The number of nitrogens with zero attached hydrogens (tertiary/aromatic N) is 3. The molecule has 1 fully saturated rings. The fraction of sp³-hybridized carbons (Fsp3) is 0.423. The predicted molar refractivity (Wildman–Crippen MR) is 128 cm³/mol. The van der Waals surface area contributed by atoms with Crippen LogP contribution in [0.15, 0.2) is 36.7 Å². The number of fused-ring (bicyclic) bond motifs is 1. The van der Waals surface area contributed by atoms with Crippen LogP contribution in [0.25, 0.3) is 11.1 Å². The number of likely N-dealkylation sites (tertiary alicyclic amines) is 1. The van der Waals surface area contributed by atoms with Gasteiger partial charge in [0.2, 0.25) is 5.91 Å². The number of benzene rings is 1. The Hall–Kier alpha value is -3.35. The highest BCUT2D eigenvalue weighted by Crippen LogP contribution is 2.34. The number of hydrogen-bond acceptors (Lipinski definition) is 5. The third-order valence-electron chi connectivity index (χ3n) is 6.82. The van der Waals surface area contributed by atoms with Gasteiger partial charge in [0.1, 0.15) is 11.6 Å². The zero-order valence-electron chi connectivity index (χ0n) is 19.4. The number of anilines is 1. The van der Waals surface area contributed by atoms with E-state index in [0.29, 0.717) is 13.2 Å². The number of amides is 1. The molecule has 0 bridgehead atoms. The Balaban J connectivity index is 1.34. The second-order valence-electron chi connectivity index (χ2n) is 8.95. The monoisotopic (exact) mass is 445 g/mol. The van der Waals surface area contributed by atoms with Crippen LogP contribution in [0.2, 0.25) is 0 Å². The van der Waals surface area contributed by atoms with E-state index in [1.807, 2.05) is 30.3 Å². The van der Waals surface area contributed by atoms with Gasteiger partial charge in [-0.1, -0.05) is 6.07 Å². The van der Waals surface area contributed by atoms with E-state index in [-0.39, 0.29) is 11.8 Å². The molecule has 0 spiro atoms. The lowest BCUT2D eigenvalue weighted by Crippen LogP contribution is -2.25. The average molecular weight is 446 g/mol. The summed E-state index contributed by atoms with van der Waals surface area (Å²) in [7, 11) is 0. The van der Waals surface area contributed by atoms with E-state index in [4.69, 9.17) is 4.74 Å². The van der Waals surface area contributed by atoms with Crippen molar-refractivity contribution in [1.82, 2.24) is 20.1 Å². The lowest BCUT2D eigenvalue weighted by Gasteiger charge is -2.15. The van der Waals surface area contributed by atoms with Gasteiger partial charge in [-0.15, -0.1) is 0 Å². The molecule has 0 saturated carbocycles. The summed E-state index contributed by atoms with van der Waals surface area (Å²) in [5.74, 6) is 2.19. The Bertz CT molecular complexity index is 1160. The van der Waals surface area contributed by atoms with Crippen molar-refractivity contribution >= 4 is 11.7 Å². The van der Waals surface area contributed by atoms with Crippen LogP contribution in [0.5, 0.6) is 5.75 Å². The van der Waals surface area contributed by atoms with Gasteiger partial charge < -0.3 is 15.0 Å². The molecule has 1 atom stereocenters. The maximum absolute atomic E-state index is 11.8.